The molecule has 31 heavy (non-hydrogen) atoms. The molecular formula is C24H28N2O4S. The van der Waals surface area contributed by atoms with Crippen molar-refractivity contribution in [2.45, 2.75) is 45.2 Å². The number of carbonyl (C=O) groups is 1. The van der Waals surface area contributed by atoms with Crippen LogP contribution in [0.5, 0.6) is 5.75 Å². The van der Waals surface area contributed by atoms with Crippen LogP contribution in [0.2, 0.25) is 0 Å². The first-order valence-electron chi connectivity index (χ1n) is 10.5. The summed E-state index contributed by atoms with van der Waals surface area (Å²) in [6, 6.07) is 12.1. The highest BCUT2D eigenvalue weighted by Gasteiger charge is 2.44. The number of esters is 1. The van der Waals surface area contributed by atoms with E-state index in [9.17, 15) is 4.79 Å². The van der Waals surface area contributed by atoms with Gasteiger partial charge in [0.2, 0.25) is 5.89 Å². The van der Waals surface area contributed by atoms with Crippen molar-refractivity contribution >= 4 is 17.3 Å². The van der Waals surface area contributed by atoms with Crippen molar-refractivity contribution in [3.05, 3.63) is 58.8 Å². The van der Waals surface area contributed by atoms with Gasteiger partial charge in [0.1, 0.15) is 17.0 Å². The lowest BCUT2D eigenvalue weighted by molar-refractivity contribution is -0.152. The predicted molar refractivity (Wildman–Crippen MR) is 120 cm³/mol. The summed E-state index contributed by atoms with van der Waals surface area (Å²) in [7, 11) is 1.46. The Morgan fingerprint density at radius 3 is 2.97 bits per heavy atom. The Balaban J connectivity index is 1.36. The zero-order valence-corrected chi connectivity index (χ0v) is 19.0. The van der Waals surface area contributed by atoms with E-state index < -0.39 is 5.54 Å². The summed E-state index contributed by atoms with van der Waals surface area (Å²) < 4.78 is 16.8. The lowest BCUT2D eigenvalue weighted by Gasteiger charge is -2.32. The maximum Gasteiger partial charge on any atom is 0.326 e. The lowest BCUT2D eigenvalue weighted by Crippen LogP contribution is -2.48. The Kier molecular flexibility index (Phi) is 6.43. The van der Waals surface area contributed by atoms with Crippen molar-refractivity contribution in [2.75, 3.05) is 20.3 Å². The van der Waals surface area contributed by atoms with Crippen molar-refractivity contribution in [2.24, 2.45) is 0 Å². The summed E-state index contributed by atoms with van der Waals surface area (Å²) in [6.45, 7) is 6.00. The van der Waals surface area contributed by atoms with Gasteiger partial charge in [0, 0.05) is 13.0 Å². The third-order valence-electron chi connectivity index (χ3n) is 5.92. The van der Waals surface area contributed by atoms with E-state index in [0.29, 0.717) is 25.5 Å². The van der Waals surface area contributed by atoms with Crippen LogP contribution >= 0.6 is 11.3 Å². The van der Waals surface area contributed by atoms with E-state index >= 15 is 0 Å². The van der Waals surface area contributed by atoms with Gasteiger partial charge >= 0.3 is 5.97 Å². The second-order valence-electron chi connectivity index (χ2n) is 8.04. The minimum Gasteiger partial charge on any atom is -0.493 e. The SMILES string of the molecule is COC(=O)C1(C)CCCN1Cc1cccc(OCCc2nc(-c3cccs3)oc2C)c1. The number of benzene rings is 1. The number of methoxy groups -OCH3 is 1. The molecule has 4 rings (SSSR count). The average Bonchev–Trinajstić information content (AvgIpc) is 3.50. The summed E-state index contributed by atoms with van der Waals surface area (Å²) in [5, 5.41) is 2.01. The van der Waals surface area contributed by atoms with Gasteiger partial charge in [0.25, 0.3) is 0 Å². The topological polar surface area (TPSA) is 64.8 Å². The van der Waals surface area contributed by atoms with Gasteiger partial charge in [0.15, 0.2) is 0 Å². The Labute approximate surface area is 186 Å². The maximum absolute atomic E-state index is 12.3. The van der Waals surface area contributed by atoms with Gasteiger partial charge in [0.05, 0.1) is 24.3 Å². The number of thiophene rings is 1. The minimum atomic E-state index is -0.559. The molecule has 0 radical (unpaired) electrons. The first-order chi connectivity index (χ1) is 15.0. The van der Waals surface area contributed by atoms with E-state index in [4.69, 9.17) is 13.9 Å². The molecule has 1 unspecified atom stereocenters. The fourth-order valence-corrected chi connectivity index (χ4v) is 4.76. The number of carbonyl (C=O) groups excluding carboxylic acids is 1. The summed E-state index contributed by atoms with van der Waals surface area (Å²) in [5.74, 6) is 2.15. The number of rotatable bonds is 8. The van der Waals surface area contributed by atoms with Gasteiger partial charge in [-0.05, 0) is 62.4 Å². The fourth-order valence-electron chi connectivity index (χ4n) is 4.11. The van der Waals surface area contributed by atoms with E-state index in [0.717, 1.165) is 47.0 Å². The highest BCUT2D eigenvalue weighted by atomic mass is 32.1. The summed E-state index contributed by atoms with van der Waals surface area (Å²) in [4.78, 5) is 20.1. The van der Waals surface area contributed by atoms with Gasteiger partial charge in [-0.1, -0.05) is 18.2 Å². The van der Waals surface area contributed by atoms with Crippen molar-refractivity contribution in [1.29, 1.82) is 0 Å². The minimum absolute atomic E-state index is 0.165. The molecule has 164 valence electrons. The standard InChI is InChI=1S/C24H28N2O4S/c1-17-20(25-22(30-17)21-9-5-14-31-21)10-13-29-19-8-4-7-18(15-19)16-26-12-6-11-24(26,2)23(27)28-3/h4-5,7-9,14-15H,6,10-13,16H2,1-3H3. The maximum atomic E-state index is 12.3. The largest absolute Gasteiger partial charge is 0.493 e. The first kappa shape index (κ1) is 21.6. The van der Waals surface area contributed by atoms with Crippen molar-refractivity contribution in [3.8, 4) is 16.5 Å². The summed E-state index contributed by atoms with van der Waals surface area (Å²) in [6.07, 6.45) is 2.49. The van der Waals surface area contributed by atoms with Crippen molar-refractivity contribution in [3.63, 3.8) is 0 Å². The normalized spacial score (nSPS) is 18.9. The summed E-state index contributed by atoms with van der Waals surface area (Å²) >= 11 is 1.62. The molecule has 0 spiro atoms. The Morgan fingerprint density at radius 2 is 2.19 bits per heavy atom. The van der Waals surface area contributed by atoms with E-state index in [2.05, 4.69) is 16.0 Å². The monoisotopic (exact) mass is 440 g/mol. The smallest absolute Gasteiger partial charge is 0.326 e. The number of hydrogen-bond donors (Lipinski definition) is 0. The number of ether oxygens (including phenoxy) is 2. The second-order valence-corrected chi connectivity index (χ2v) is 8.98. The molecule has 0 amide bonds. The van der Waals surface area contributed by atoms with Crippen LogP contribution in [0, 0.1) is 6.92 Å². The van der Waals surface area contributed by atoms with Crippen LogP contribution in [0.25, 0.3) is 10.8 Å². The molecule has 7 heteroatoms. The zero-order chi connectivity index (χ0) is 21.8. The van der Waals surface area contributed by atoms with Crippen molar-refractivity contribution < 1.29 is 18.7 Å². The third kappa shape index (κ3) is 4.67. The molecule has 1 aliphatic heterocycles. The van der Waals surface area contributed by atoms with Gasteiger partial charge < -0.3 is 13.9 Å². The third-order valence-corrected chi connectivity index (χ3v) is 6.78. The Bertz CT molecular complexity index is 1030. The van der Waals surface area contributed by atoms with E-state index in [1.165, 1.54) is 7.11 Å². The first-order valence-corrected chi connectivity index (χ1v) is 11.4. The molecule has 0 aliphatic carbocycles. The number of nitrogens with zero attached hydrogens (tertiary/aromatic N) is 2. The Morgan fingerprint density at radius 1 is 1.32 bits per heavy atom. The zero-order valence-electron chi connectivity index (χ0n) is 18.2. The highest BCUT2D eigenvalue weighted by Crippen LogP contribution is 2.32. The molecular weight excluding hydrogens is 412 g/mol. The lowest BCUT2D eigenvalue weighted by atomic mass is 9.98. The molecule has 0 bridgehead atoms. The van der Waals surface area contributed by atoms with Gasteiger partial charge in [-0.25, -0.2) is 4.98 Å². The molecule has 3 heterocycles. The van der Waals surface area contributed by atoms with Crippen LogP contribution in [-0.2, 0) is 22.5 Å². The molecule has 2 aromatic heterocycles. The van der Waals surface area contributed by atoms with Crippen molar-refractivity contribution in [1.82, 2.24) is 9.88 Å². The average molecular weight is 441 g/mol. The molecule has 0 N–H and O–H groups in total. The van der Waals surface area contributed by atoms with Crippen LogP contribution in [0.3, 0.4) is 0 Å². The number of aryl methyl sites for hydroxylation is 1. The van der Waals surface area contributed by atoms with E-state index in [1.807, 2.05) is 49.6 Å². The van der Waals surface area contributed by atoms with Gasteiger partial charge in [-0.15, -0.1) is 11.3 Å². The van der Waals surface area contributed by atoms with Crippen LogP contribution in [0.15, 0.2) is 46.2 Å². The fraction of sp³-hybridized carbons (Fsp3) is 0.417. The Hall–Kier alpha value is -2.64. The van der Waals surface area contributed by atoms with Gasteiger partial charge in [-0.3, -0.25) is 9.69 Å². The highest BCUT2D eigenvalue weighted by molar-refractivity contribution is 7.13. The number of hydrogen-bond acceptors (Lipinski definition) is 7. The molecule has 1 atom stereocenters. The number of likely N-dealkylation sites (tertiary alicyclic amines) is 1. The summed E-state index contributed by atoms with van der Waals surface area (Å²) in [5.41, 5.74) is 1.48. The van der Waals surface area contributed by atoms with E-state index in [1.54, 1.807) is 11.3 Å². The molecule has 1 saturated heterocycles. The van der Waals surface area contributed by atoms with Crippen LogP contribution in [0.4, 0.5) is 0 Å². The molecule has 3 aromatic rings. The number of aromatic nitrogens is 1. The molecule has 0 saturated carbocycles. The van der Waals surface area contributed by atoms with Crippen LogP contribution in [-0.4, -0.2) is 41.7 Å². The van der Waals surface area contributed by atoms with Crippen LogP contribution in [0.1, 0.15) is 36.8 Å². The van der Waals surface area contributed by atoms with Gasteiger partial charge in [-0.2, -0.15) is 0 Å². The number of oxazole rings is 1. The second kappa shape index (κ2) is 9.24. The molecule has 1 aromatic carbocycles. The molecule has 1 aliphatic rings. The predicted octanol–water partition coefficient (Wildman–Crippen LogP) is 4.86. The molecule has 6 nitrogen and oxygen atoms in total. The van der Waals surface area contributed by atoms with E-state index in [-0.39, 0.29) is 5.97 Å². The van der Waals surface area contributed by atoms with Crippen LogP contribution < -0.4 is 4.74 Å². The molecule has 1 fully saturated rings. The quantitative estimate of drug-likeness (QED) is 0.466.